The molecule has 1 aliphatic carbocycles. The SMILES string of the molecule is COc1ccc(NC(C)C(=O)NC2CCCC2)cn1. The molecule has 1 heterocycles. The quantitative estimate of drug-likeness (QED) is 0.852. The van der Waals surface area contributed by atoms with E-state index in [1.54, 1.807) is 19.4 Å². The number of rotatable bonds is 5. The van der Waals surface area contributed by atoms with Crippen LogP contribution in [0.15, 0.2) is 18.3 Å². The van der Waals surface area contributed by atoms with Crippen LogP contribution in [0, 0.1) is 0 Å². The molecule has 0 bridgehead atoms. The van der Waals surface area contributed by atoms with E-state index in [0.717, 1.165) is 18.5 Å². The number of pyridine rings is 1. The number of carbonyl (C=O) groups excluding carboxylic acids is 1. The van der Waals surface area contributed by atoms with Crippen molar-refractivity contribution in [3.8, 4) is 5.88 Å². The molecule has 5 nitrogen and oxygen atoms in total. The van der Waals surface area contributed by atoms with Gasteiger partial charge in [0, 0.05) is 12.1 Å². The average Bonchev–Trinajstić information content (AvgIpc) is 2.92. The Hall–Kier alpha value is -1.78. The van der Waals surface area contributed by atoms with E-state index in [-0.39, 0.29) is 11.9 Å². The Balaban J connectivity index is 1.84. The minimum atomic E-state index is -0.268. The molecule has 2 N–H and O–H groups in total. The lowest BCUT2D eigenvalue weighted by molar-refractivity contribution is -0.122. The number of ether oxygens (including phenoxy) is 1. The highest BCUT2D eigenvalue weighted by Crippen LogP contribution is 2.18. The van der Waals surface area contributed by atoms with Crippen LogP contribution < -0.4 is 15.4 Å². The zero-order chi connectivity index (χ0) is 13.7. The third kappa shape index (κ3) is 3.84. The molecule has 0 saturated heterocycles. The maximum Gasteiger partial charge on any atom is 0.242 e. The zero-order valence-electron chi connectivity index (χ0n) is 11.5. The fourth-order valence-electron chi connectivity index (χ4n) is 2.30. The Morgan fingerprint density at radius 3 is 2.74 bits per heavy atom. The Morgan fingerprint density at radius 2 is 2.16 bits per heavy atom. The number of methoxy groups -OCH3 is 1. The van der Waals surface area contributed by atoms with Crippen LogP contribution in [0.3, 0.4) is 0 Å². The van der Waals surface area contributed by atoms with Gasteiger partial charge in [0.25, 0.3) is 0 Å². The van der Waals surface area contributed by atoms with Crippen molar-refractivity contribution in [2.75, 3.05) is 12.4 Å². The lowest BCUT2D eigenvalue weighted by atomic mass is 10.2. The summed E-state index contributed by atoms with van der Waals surface area (Å²) >= 11 is 0. The molecule has 1 unspecified atom stereocenters. The van der Waals surface area contributed by atoms with Gasteiger partial charge in [0.1, 0.15) is 6.04 Å². The van der Waals surface area contributed by atoms with E-state index in [1.807, 2.05) is 13.0 Å². The van der Waals surface area contributed by atoms with E-state index in [4.69, 9.17) is 4.74 Å². The topological polar surface area (TPSA) is 63.2 Å². The fraction of sp³-hybridized carbons (Fsp3) is 0.571. The molecule has 2 rings (SSSR count). The van der Waals surface area contributed by atoms with Crippen molar-refractivity contribution in [1.82, 2.24) is 10.3 Å². The number of hydrogen-bond donors (Lipinski definition) is 2. The van der Waals surface area contributed by atoms with Crippen LogP contribution in [0.4, 0.5) is 5.69 Å². The van der Waals surface area contributed by atoms with Crippen molar-refractivity contribution in [3.63, 3.8) is 0 Å². The molecular formula is C14H21N3O2. The first kappa shape index (κ1) is 13.6. The first-order valence-corrected chi connectivity index (χ1v) is 6.76. The second-order valence-corrected chi connectivity index (χ2v) is 4.95. The van der Waals surface area contributed by atoms with Crippen LogP contribution in [0.5, 0.6) is 5.88 Å². The highest BCUT2D eigenvalue weighted by Gasteiger charge is 2.20. The van der Waals surface area contributed by atoms with Crippen LogP contribution in [0.25, 0.3) is 0 Å². The number of hydrogen-bond acceptors (Lipinski definition) is 4. The molecule has 1 aliphatic rings. The normalized spacial score (nSPS) is 16.9. The Kier molecular flexibility index (Phi) is 4.60. The van der Waals surface area contributed by atoms with Gasteiger partial charge in [-0.1, -0.05) is 12.8 Å². The number of amides is 1. The maximum absolute atomic E-state index is 12.0. The molecule has 1 amide bonds. The minimum absolute atomic E-state index is 0.0442. The van der Waals surface area contributed by atoms with Gasteiger partial charge in [-0.25, -0.2) is 4.98 Å². The lowest BCUT2D eigenvalue weighted by Gasteiger charge is -2.18. The Labute approximate surface area is 113 Å². The molecule has 0 aromatic carbocycles. The average molecular weight is 263 g/mol. The third-order valence-corrected chi connectivity index (χ3v) is 3.42. The fourth-order valence-corrected chi connectivity index (χ4v) is 2.30. The molecule has 1 fully saturated rings. The molecule has 19 heavy (non-hydrogen) atoms. The molecule has 1 atom stereocenters. The first-order valence-electron chi connectivity index (χ1n) is 6.76. The van der Waals surface area contributed by atoms with Gasteiger partial charge in [-0.2, -0.15) is 0 Å². The van der Waals surface area contributed by atoms with Gasteiger partial charge in [0.05, 0.1) is 19.0 Å². The van der Waals surface area contributed by atoms with Gasteiger partial charge in [-0.15, -0.1) is 0 Å². The van der Waals surface area contributed by atoms with Gasteiger partial charge in [-0.05, 0) is 25.8 Å². The Morgan fingerprint density at radius 1 is 1.42 bits per heavy atom. The Bertz CT molecular complexity index is 413. The summed E-state index contributed by atoms with van der Waals surface area (Å²) in [6.45, 7) is 1.86. The minimum Gasteiger partial charge on any atom is -0.481 e. The van der Waals surface area contributed by atoms with Gasteiger partial charge in [0.2, 0.25) is 11.8 Å². The van der Waals surface area contributed by atoms with Crippen molar-refractivity contribution in [2.24, 2.45) is 0 Å². The molecule has 5 heteroatoms. The summed E-state index contributed by atoms with van der Waals surface area (Å²) in [6, 6.07) is 3.70. The smallest absolute Gasteiger partial charge is 0.242 e. The predicted molar refractivity (Wildman–Crippen MR) is 74.3 cm³/mol. The summed E-state index contributed by atoms with van der Waals surface area (Å²) in [5.74, 6) is 0.608. The number of carbonyl (C=O) groups is 1. The van der Waals surface area contributed by atoms with Crippen LogP contribution in [-0.2, 0) is 4.79 Å². The van der Waals surface area contributed by atoms with Gasteiger partial charge >= 0.3 is 0 Å². The van der Waals surface area contributed by atoms with Crippen LogP contribution in [0.2, 0.25) is 0 Å². The van der Waals surface area contributed by atoms with Crippen LogP contribution >= 0.6 is 0 Å². The van der Waals surface area contributed by atoms with Crippen molar-refractivity contribution < 1.29 is 9.53 Å². The van der Waals surface area contributed by atoms with E-state index in [1.165, 1.54) is 12.8 Å². The molecular weight excluding hydrogens is 242 g/mol. The lowest BCUT2D eigenvalue weighted by Crippen LogP contribution is -2.42. The summed E-state index contributed by atoms with van der Waals surface area (Å²) in [7, 11) is 1.58. The molecule has 104 valence electrons. The monoisotopic (exact) mass is 263 g/mol. The zero-order valence-corrected chi connectivity index (χ0v) is 11.5. The van der Waals surface area contributed by atoms with Gasteiger partial charge in [0.15, 0.2) is 0 Å². The van der Waals surface area contributed by atoms with Gasteiger partial charge < -0.3 is 15.4 Å². The highest BCUT2D eigenvalue weighted by molar-refractivity contribution is 5.84. The molecule has 1 aromatic rings. The summed E-state index contributed by atoms with van der Waals surface area (Å²) in [5.41, 5.74) is 0.815. The van der Waals surface area contributed by atoms with Gasteiger partial charge in [-0.3, -0.25) is 4.79 Å². The summed E-state index contributed by atoms with van der Waals surface area (Å²) in [4.78, 5) is 16.1. The van der Waals surface area contributed by atoms with E-state index in [2.05, 4.69) is 15.6 Å². The van der Waals surface area contributed by atoms with E-state index in [0.29, 0.717) is 11.9 Å². The summed E-state index contributed by atoms with van der Waals surface area (Å²) in [6.07, 6.45) is 6.30. The summed E-state index contributed by atoms with van der Waals surface area (Å²) in [5, 5.41) is 6.21. The number of nitrogens with zero attached hydrogens (tertiary/aromatic N) is 1. The van der Waals surface area contributed by atoms with Crippen molar-refractivity contribution in [1.29, 1.82) is 0 Å². The number of anilines is 1. The molecule has 0 aliphatic heterocycles. The maximum atomic E-state index is 12.0. The largest absolute Gasteiger partial charge is 0.481 e. The third-order valence-electron chi connectivity index (χ3n) is 3.42. The number of aromatic nitrogens is 1. The van der Waals surface area contributed by atoms with Crippen molar-refractivity contribution in [3.05, 3.63) is 18.3 Å². The summed E-state index contributed by atoms with van der Waals surface area (Å²) < 4.78 is 4.99. The van der Waals surface area contributed by atoms with E-state index in [9.17, 15) is 4.79 Å². The second kappa shape index (κ2) is 6.41. The van der Waals surface area contributed by atoms with E-state index < -0.39 is 0 Å². The first-order chi connectivity index (χ1) is 9.19. The number of nitrogens with one attached hydrogen (secondary N) is 2. The second-order valence-electron chi connectivity index (χ2n) is 4.95. The molecule has 0 spiro atoms. The molecule has 0 radical (unpaired) electrons. The molecule has 1 aromatic heterocycles. The van der Waals surface area contributed by atoms with Crippen molar-refractivity contribution in [2.45, 2.75) is 44.7 Å². The predicted octanol–water partition coefficient (Wildman–Crippen LogP) is 1.95. The molecule has 1 saturated carbocycles. The standard InChI is InChI=1S/C14H21N3O2/c1-10(14(18)17-11-5-3-4-6-11)16-12-7-8-13(19-2)15-9-12/h7-11,16H,3-6H2,1-2H3,(H,17,18). The van der Waals surface area contributed by atoms with Crippen molar-refractivity contribution >= 4 is 11.6 Å². The van der Waals surface area contributed by atoms with E-state index >= 15 is 0 Å². The van der Waals surface area contributed by atoms with Crippen LogP contribution in [-0.4, -0.2) is 30.1 Å². The van der Waals surface area contributed by atoms with Crippen LogP contribution in [0.1, 0.15) is 32.6 Å². The highest BCUT2D eigenvalue weighted by atomic mass is 16.5.